The summed E-state index contributed by atoms with van der Waals surface area (Å²) in [5.74, 6) is 2.90. The summed E-state index contributed by atoms with van der Waals surface area (Å²) in [5, 5.41) is 0. The van der Waals surface area contributed by atoms with Crippen molar-refractivity contribution in [3.8, 4) is 23.1 Å². The largest absolute Gasteiger partial charge is 0.497 e. The van der Waals surface area contributed by atoms with Gasteiger partial charge in [0.05, 0.1) is 27.4 Å². The van der Waals surface area contributed by atoms with Gasteiger partial charge in [-0.25, -0.2) is 4.98 Å². The summed E-state index contributed by atoms with van der Waals surface area (Å²) < 4.78 is 28.0. The minimum Gasteiger partial charge on any atom is -0.497 e. The van der Waals surface area contributed by atoms with Crippen molar-refractivity contribution >= 4 is 11.4 Å². The molecule has 8 nitrogen and oxygen atoms in total. The van der Waals surface area contributed by atoms with Crippen LogP contribution in [0.15, 0.2) is 91.1 Å². The normalized spacial score (nSPS) is 10.6. The van der Waals surface area contributed by atoms with Gasteiger partial charge in [0.15, 0.2) is 0 Å². The molecule has 0 aliphatic carbocycles. The lowest BCUT2D eigenvalue weighted by Gasteiger charge is -2.26. The molecule has 0 bridgehead atoms. The second-order valence-electron chi connectivity index (χ2n) is 9.61. The summed E-state index contributed by atoms with van der Waals surface area (Å²) in [5.41, 5.74) is 4.54. The van der Waals surface area contributed by atoms with Crippen LogP contribution in [0.5, 0.6) is 23.1 Å². The fourth-order valence-corrected chi connectivity index (χ4v) is 4.27. The van der Waals surface area contributed by atoms with Crippen LogP contribution in [0.25, 0.3) is 0 Å². The number of pyridine rings is 1. The van der Waals surface area contributed by atoms with Crippen molar-refractivity contribution in [2.75, 3.05) is 64.5 Å². The molecule has 0 N–H and O–H groups in total. The third-order valence-electron chi connectivity index (χ3n) is 6.41. The van der Waals surface area contributed by atoms with Gasteiger partial charge < -0.3 is 33.5 Å². The molecule has 0 saturated heterocycles. The molecule has 1 aromatic heterocycles. The van der Waals surface area contributed by atoms with E-state index in [1.165, 1.54) is 5.56 Å². The van der Waals surface area contributed by atoms with Crippen molar-refractivity contribution in [2.24, 2.45) is 0 Å². The molecule has 8 heteroatoms. The lowest BCUT2D eigenvalue weighted by Crippen LogP contribution is -2.22. The molecule has 0 atom stereocenters. The highest BCUT2D eigenvalue weighted by Gasteiger charge is 2.12. The molecule has 4 aromatic rings. The Morgan fingerprint density at radius 3 is 1.98 bits per heavy atom. The van der Waals surface area contributed by atoms with E-state index in [1.807, 2.05) is 48.5 Å². The van der Waals surface area contributed by atoms with Gasteiger partial charge in [0.25, 0.3) is 0 Å². The van der Waals surface area contributed by atoms with Crippen LogP contribution >= 0.6 is 0 Å². The number of ether oxygens (including phenoxy) is 5. The highest BCUT2D eigenvalue weighted by Crippen LogP contribution is 2.26. The van der Waals surface area contributed by atoms with Crippen LogP contribution < -0.4 is 28.7 Å². The molecule has 41 heavy (non-hydrogen) atoms. The van der Waals surface area contributed by atoms with E-state index in [0.717, 1.165) is 40.7 Å². The van der Waals surface area contributed by atoms with Crippen molar-refractivity contribution < 1.29 is 23.7 Å². The molecular formula is C33H39N3O5. The fraction of sp³-hybridized carbons (Fsp3) is 0.303. The number of methoxy groups -OCH3 is 2. The second kappa shape index (κ2) is 15.4. The van der Waals surface area contributed by atoms with E-state index in [-0.39, 0.29) is 0 Å². The van der Waals surface area contributed by atoms with E-state index in [9.17, 15) is 0 Å². The van der Waals surface area contributed by atoms with E-state index in [4.69, 9.17) is 23.7 Å². The molecule has 0 spiro atoms. The highest BCUT2D eigenvalue weighted by molar-refractivity contribution is 5.52. The Morgan fingerprint density at radius 1 is 0.610 bits per heavy atom. The predicted molar refractivity (Wildman–Crippen MR) is 163 cm³/mol. The average Bonchev–Trinajstić information content (AvgIpc) is 3.00. The smallest absolute Gasteiger partial charge is 0.215 e. The lowest BCUT2D eigenvalue weighted by atomic mass is 10.1. The van der Waals surface area contributed by atoms with Crippen LogP contribution in [0.3, 0.4) is 0 Å². The highest BCUT2D eigenvalue weighted by atomic mass is 16.5. The maximum Gasteiger partial charge on any atom is 0.215 e. The SMILES string of the molecule is COc1cccc(CN(Cc2cccc(N(C)C)c2)c2ccnc(OCCOCCOc3cccc(OC)c3)c2)c1. The number of nitrogens with zero attached hydrogens (tertiary/aromatic N) is 3. The summed E-state index contributed by atoms with van der Waals surface area (Å²) in [6.07, 6.45) is 1.78. The van der Waals surface area contributed by atoms with Gasteiger partial charge in [-0.05, 0) is 53.6 Å². The Bertz CT molecular complexity index is 1360. The van der Waals surface area contributed by atoms with Crippen LogP contribution in [0.2, 0.25) is 0 Å². The Labute approximate surface area is 243 Å². The van der Waals surface area contributed by atoms with Gasteiger partial charge in [-0.1, -0.05) is 30.3 Å². The Balaban J connectivity index is 1.35. The number of benzene rings is 3. The summed E-state index contributed by atoms with van der Waals surface area (Å²) >= 11 is 0. The quantitative estimate of drug-likeness (QED) is 0.159. The van der Waals surface area contributed by atoms with Crippen LogP contribution in [0.4, 0.5) is 11.4 Å². The first-order valence-corrected chi connectivity index (χ1v) is 13.6. The zero-order chi connectivity index (χ0) is 28.9. The third kappa shape index (κ3) is 9.32. The molecule has 0 amide bonds. The van der Waals surface area contributed by atoms with Crippen molar-refractivity contribution in [1.82, 2.24) is 4.98 Å². The van der Waals surface area contributed by atoms with Gasteiger partial charge in [-0.15, -0.1) is 0 Å². The molecule has 3 aromatic carbocycles. The van der Waals surface area contributed by atoms with Crippen molar-refractivity contribution in [2.45, 2.75) is 13.1 Å². The van der Waals surface area contributed by atoms with Crippen LogP contribution in [-0.4, -0.2) is 59.7 Å². The predicted octanol–water partition coefficient (Wildman–Crippen LogP) is 5.85. The number of rotatable bonds is 16. The number of aromatic nitrogens is 1. The lowest BCUT2D eigenvalue weighted by molar-refractivity contribution is 0.0753. The first kappa shape index (κ1) is 29.6. The second-order valence-corrected chi connectivity index (χ2v) is 9.61. The van der Waals surface area contributed by atoms with Crippen LogP contribution in [0, 0.1) is 0 Å². The molecule has 0 saturated carbocycles. The van der Waals surface area contributed by atoms with Gasteiger partial charge in [-0.3, -0.25) is 0 Å². The summed E-state index contributed by atoms with van der Waals surface area (Å²) in [6.45, 7) is 3.13. The molecule has 0 fully saturated rings. The zero-order valence-electron chi connectivity index (χ0n) is 24.3. The maximum atomic E-state index is 5.93. The minimum atomic E-state index is 0.385. The molecule has 216 valence electrons. The third-order valence-corrected chi connectivity index (χ3v) is 6.41. The first-order chi connectivity index (χ1) is 20.0. The Morgan fingerprint density at radius 2 is 1.24 bits per heavy atom. The van der Waals surface area contributed by atoms with E-state index in [1.54, 1.807) is 20.4 Å². The van der Waals surface area contributed by atoms with Gasteiger partial charge in [-0.2, -0.15) is 0 Å². The number of hydrogen-bond donors (Lipinski definition) is 0. The summed E-state index contributed by atoms with van der Waals surface area (Å²) in [4.78, 5) is 8.85. The number of anilines is 2. The Hall–Kier alpha value is -4.43. The fourth-order valence-electron chi connectivity index (χ4n) is 4.27. The molecule has 0 radical (unpaired) electrons. The molecule has 0 aliphatic heterocycles. The minimum absolute atomic E-state index is 0.385. The summed E-state index contributed by atoms with van der Waals surface area (Å²) in [6, 6.07) is 28.2. The topological polar surface area (TPSA) is 65.5 Å². The molecule has 1 heterocycles. The Kier molecular flexibility index (Phi) is 11.1. The monoisotopic (exact) mass is 557 g/mol. The number of hydrogen-bond acceptors (Lipinski definition) is 8. The summed E-state index contributed by atoms with van der Waals surface area (Å²) in [7, 11) is 7.43. The van der Waals surface area contributed by atoms with Crippen molar-refractivity contribution in [3.63, 3.8) is 0 Å². The molecular weight excluding hydrogens is 518 g/mol. The standard InChI is InChI=1S/C33H39N3O5/c1-35(2)28-10-5-8-26(20-28)24-36(25-27-9-6-11-30(21-27)37-3)29-14-15-34-33(22-29)41-19-17-39-16-18-40-32-13-7-12-31(23-32)38-4/h5-15,20-23H,16-19,24-25H2,1-4H3. The molecule has 0 unspecified atom stereocenters. The zero-order valence-corrected chi connectivity index (χ0v) is 24.3. The van der Waals surface area contributed by atoms with Gasteiger partial charge in [0, 0.05) is 56.9 Å². The van der Waals surface area contributed by atoms with E-state index in [0.29, 0.717) is 38.9 Å². The van der Waals surface area contributed by atoms with Crippen LogP contribution in [0.1, 0.15) is 11.1 Å². The van der Waals surface area contributed by atoms with Crippen LogP contribution in [-0.2, 0) is 17.8 Å². The first-order valence-electron chi connectivity index (χ1n) is 13.6. The van der Waals surface area contributed by atoms with E-state index >= 15 is 0 Å². The maximum absolute atomic E-state index is 5.93. The molecule has 0 aliphatic rings. The van der Waals surface area contributed by atoms with Gasteiger partial charge in [0.1, 0.15) is 30.5 Å². The van der Waals surface area contributed by atoms with Gasteiger partial charge >= 0.3 is 0 Å². The molecule has 4 rings (SSSR count). The van der Waals surface area contributed by atoms with E-state index in [2.05, 4.69) is 65.3 Å². The average molecular weight is 558 g/mol. The van der Waals surface area contributed by atoms with E-state index < -0.39 is 0 Å². The van der Waals surface area contributed by atoms with Crippen molar-refractivity contribution in [1.29, 1.82) is 0 Å². The van der Waals surface area contributed by atoms with Crippen molar-refractivity contribution in [3.05, 3.63) is 102 Å². The van der Waals surface area contributed by atoms with Gasteiger partial charge in [0.2, 0.25) is 5.88 Å².